The third-order valence-electron chi connectivity index (χ3n) is 2.32. The molecule has 2 rings (SSSR count). The van der Waals surface area contributed by atoms with Crippen LogP contribution in [0.2, 0.25) is 0 Å². The first-order valence-electron chi connectivity index (χ1n) is 5.53. The van der Waals surface area contributed by atoms with Crippen molar-refractivity contribution >= 4 is 6.09 Å². The van der Waals surface area contributed by atoms with Gasteiger partial charge >= 0.3 is 6.09 Å². The van der Waals surface area contributed by atoms with Crippen LogP contribution in [0.3, 0.4) is 0 Å². The highest BCUT2D eigenvalue weighted by Crippen LogP contribution is 2.21. The van der Waals surface area contributed by atoms with Crippen molar-refractivity contribution in [1.82, 2.24) is 5.32 Å². The van der Waals surface area contributed by atoms with Crippen LogP contribution in [0.15, 0.2) is 54.6 Å². The predicted octanol–water partition coefficient (Wildman–Crippen LogP) is 3.25. The molecular formula is C14H13NO3. The van der Waals surface area contributed by atoms with E-state index in [0.717, 1.165) is 11.3 Å². The number of hydrogen-bond donors (Lipinski definition) is 2. The van der Waals surface area contributed by atoms with Crippen LogP contribution in [0.4, 0.5) is 4.79 Å². The summed E-state index contributed by atoms with van der Waals surface area (Å²) in [6.45, 7) is 0.265. The largest absolute Gasteiger partial charge is 0.465 e. The molecule has 0 fully saturated rings. The maximum Gasteiger partial charge on any atom is 0.404 e. The van der Waals surface area contributed by atoms with Crippen molar-refractivity contribution in [1.29, 1.82) is 0 Å². The number of carbonyl (C=O) groups is 1. The van der Waals surface area contributed by atoms with Gasteiger partial charge in [0.25, 0.3) is 0 Å². The normalized spacial score (nSPS) is 9.78. The minimum absolute atomic E-state index is 0.265. The van der Waals surface area contributed by atoms with Crippen molar-refractivity contribution in [3.8, 4) is 11.5 Å². The van der Waals surface area contributed by atoms with Gasteiger partial charge in [-0.3, -0.25) is 0 Å². The van der Waals surface area contributed by atoms with Crippen LogP contribution in [0.5, 0.6) is 11.5 Å². The molecule has 2 aromatic rings. The average molecular weight is 243 g/mol. The standard InChI is InChI=1S/C14H13NO3/c16-14(17)15-10-11-5-4-8-13(9-11)18-12-6-2-1-3-7-12/h1-9,15H,10H2,(H,16,17). The van der Waals surface area contributed by atoms with E-state index in [1.54, 1.807) is 0 Å². The molecular weight excluding hydrogens is 230 g/mol. The summed E-state index contributed by atoms with van der Waals surface area (Å²) < 4.78 is 5.65. The van der Waals surface area contributed by atoms with Crippen LogP contribution in [-0.2, 0) is 6.54 Å². The van der Waals surface area contributed by atoms with Gasteiger partial charge in [-0.15, -0.1) is 0 Å². The van der Waals surface area contributed by atoms with Gasteiger partial charge in [0.15, 0.2) is 0 Å². The average Bonchev–Trinajstić information content (AvgIpc) is 2.38. The minimum Gasteiger partial charge on any atom is -0.465 e. The predicted molar refractivity (Wildman–Crippen MR) is 67.8 cm³/mol. The Morgan fingerprint density at radius 1 is 1.06 bits per heavy atom. The summed E-state index contributed by atoms with van der Waals surface area (Å²) >= 11 is 0. The molecule has 0 aliphatic rings. The fourth-order valence-electron chi connectivity index (χ4n) is 1.52. The summed E-state index contributed by atoms with van der Waals surface area (Å²) in [4.78, 5) is 10.4. The van der Waals surface area contributed by atoms with E-state index >= 15 is 0 Å². The van der Waals surface area contributed by atoms with Gasteiger partial charge in [0, 0.05) is 6.54 Å². The molecule has 2 N–H and O–H groups in total. The zero-order chi connectivity index (χ0) is 12.8. The second-order valence-corrected chi connectivity index (χ2v) is 3.72. The SMILES string of the molecule is O=C(O)NCc1cccc(Oc2ccccc2)c1. The Kier molecular flexibility index (Phi) is 3.81. The number of rotatable bonds is 4. The quantitative estimate of drug-likeness (QED) is 0.866. The lowest BCUT2D eigenvalue weighted by atomic mass is 10.2. The molecule has 0 saturated heterocycles. The van der Waals surface area contributed by atoms with Crippen LogP contribution >= 0.6 is 0 Å². The number of benzene rings is 2. The first-order chi connectivity index (χ1) is 8.74. The van der Waals surface area contributed by atoms with Gasteiger partial charge in [-0.25, -0.2) is 4.79 Å². The van der Waals surface area contributed by atoms with Crippen molar-refractivity contribution < 1.29 is 14.6 Å². The molecule has 0 aliphatic heterocycles. The third-order valence-corrected chi connectivity index (χ3v) is 2.32. The van der Waals surface area contributed by atoms with Crippen molar-refractivity contribution in [3.63, 3.8) is 0 Å². The van der Waals surface area contributed by atoms with Crippen LogP contribution in [0, 0.1) is 0 Å². The van der Waals surface area contributed by atoms with Gasteiger partial charge in [0.05, 0.1) is 0 Å². The second-order valence-electron chi connectivity index (χ2n) is 3.72. The summed E-state index contributed by atoms with van der Waals surface area (Å²) in [7, 11) is 0. The zero-order valence-corrected chi connectivity index (χ0v) is 9.67. The molecule has 2 aromatic carbocycles. The molecule has 0 heterocycles. The smallest absolute Gasteiger partial charge is 0.404 e. The fourth-order valence-corrected chi connectivity index (χ4v) is 1.52. The van der Waals surface area contributed by atoms with Crippen LogP contribution < -0.4 is 10.1 Å². The van der Waals surface area contributed by atoms with Crippen LogP contribution in [0.1, 0.15) is 5.56 Å². The lowest BCUT2D eigenvalue weighted by Gasteiger charge is -2.07. The summed E-state index contributed by atoms with van der Waals surface area (Å²) in [6, 6.07) is 16.7. The minimum atomic E-state index is -1.04. The monoisotopic (exact) mass is 243 g/mol. The highest BCUT2D eigenvalue weighted by atomic mass is 16.5. The number of ether oxygens (including phenoxy) is 1. The van der Waals surface area contributed by atoms with E-state index in [1.165, 1.54) is 0 Å². The van der Waals surface area contributed by atoms with E-state index in [-0.39, 0.29) is 6.54 Å². The number of nitrogens with one attached hydrogen (secondary N) is 1. The highest BCUT2D eigenvalue weighted by Gasteiger charge is 2.00. The molecule has 0 aromatic heterocycles. The van der Waals surface area contributed by atoms with E-state index in [9.17, 15) is 4.79 Å². The Morgan fingerprint density at radius 2 is 1.78 bits per heavy atom. The lowest BCUT2D eigenvalue weighted by molar-refractivity contribution is 0.194. The number of hydrogen-bond acceptors (Lipinski definition) is 2. The lowest BCUT2D eigenvalue weighted by Crippen LogP contribution is -2.19. The Morgan fingerprint density at radius 3 is 2.50 bits per heavy atom. The number of amides is 1. The highest BCUT2D eigenvalue weighted by molar-refractivity contribution is 5.64. The Bertz CT molecular complexity index is 526. The van der Waals surface area contributed by atoms with Crippen LogP contribution in [0.25, 0.3) is 0 Å². The molecule has 92 valence electrons. The van der Waals surface area contributed by atoms with Gasteiger partial charge in [0.1, 0.15) is 11.5 Å². The number of carboxylic acid groups (broad SMARTS) is 1. The molecule has 0 aliphatic carbocycles. The maximum atomic E-state index is 10.4. The summed E-state index contributed by atoms with van der Waals surface area (Å²) in [5, 5.41) is 10.9. The summed E-state index contributed by atoms with van der Waals surface area (Å²) in [6.07, 6.45) is -1.04. The maximum absolute atomic E-state index is 10.4. The van der Waals surface area contributed by atoms with E-state index in [2.05, 4.69) is 5.32 Å². The Hall–Kier alpha value is -2.49. The van der Waals surface area contributed by atoms with E-state index in [1.807, 2.05) is 54.6 Å². The van der Waals surface area contributed by atoms with E-state index in [4.69, 9.17) is 9.84 Å². The van der Waals surface area contributed by atoms with Gasteiger partial charge in [-0.05, 0) is 29.8 Å². The first-order valence-corrected chi connectivity index (χ1v) is 5.53. The topological polar surface area (TPSA) is 58.6 Å². The summed E-state index contributed by atoms with van der Waals surface area (Å²) in [5.74, 6) is 1.44. The molecule has 0 bridgehead atoms. The van der Waals surface area contributed by atoms with Gasteiger partial charge < -0.3 is 15.2 Å². The van der Waals surface area contributed by atoms with Crippen LogP contribution in [-0.4, -0.2) is 11.2 Å². The van der Waals surface area contributed by atoms with Crippen molar-refractivity contribution in [2.45, 2.75) is 6.54 Å². The Labute approximate surface area is 105 Å². The van der Waals surface area contributed by atoms with Gasteiger partial charge in [-0.1, -0.05) is 30.3 Å². The third kappa shape index (κ3) is 3.52. The summed E-state index contributed by atoms with van der Waals surface area (Å²) in [5.41, 5.74) is 0.853. The van der Waals surface area contributed by atoms with Crippen molar-refractivity contribution in [2.24, 2.45) is 0 Å². The fraction of sp³-hybridized carbons (Fsp3) is 0.0714. The molecule has 0 saturated carbocycles. The molecule has 18 heavy (non-hydrogen) atoms. The molecule has 0 spiro atoms. The number of para-hydroxylation sites is 1. The first kappa shape index (κ1) is 12.0. The molecule has 0 atom stereocenters. The molecule has 0 radical (unpaired) electrons. The molecule has 4 heteroatoms. The second kappa shape index (κ2) is 5.72. The molecule has 0 unspecified atom stereocenters. The van der Waals surface area contributed by atoms with Crippen molar-refractivity contribution in [2.75, 3.05) is 0 Å². The Balaban J connectivity index is 2.05. The molecule has 1 amide bonds. The van der Waals surface area contributed by atoms with Crippen molar-refractivity contribution in [3.05, 3.63) is 60.2 Å². The van der Waals surface area contributed by atoms with E-state index in [0.29, 0.717) is 5.75 Å². The van der Waals surface area contributed by atoms with E-state index < -0.39 is 6.09 Å². The zero-order valence-electron chi connectivity index (χ0n) is 9.67. The van der Waals surface area contributed by atoms with Gasteiger partial charge in [0.2, 0.25) is 0 Å². The molecule has 4 nitrogen and oxygen atoms in total. The van der Waals surface area contributed by atoms with Gasteiger partial charge in [-0.2, -0.15) is 0 Å².